The van der Waals surface area contributed by atoms with Crippen LogP contribution in [0.1, 0.15) is 0 Å². The maximum Gasteiger partial charge on any atom is 0.323 e. The number of carbonyl (C=O) groups excluding carboxylic acids is 1. The van der Waals surface area contributed by atoms with Crippen LogP contribution in [-0.4, -0.2) is 6.03 Å². The second kappa shape index (κ2) is 5.80. The van der Waals surface area contributed by atoms with Crippen LogP contribution in [0.25, 0.3) is 0 Å². The molecule has 0 fully saturated rings. The molecule has 0 aliphatic heterocycles. The van der Waals surface area contributed by atoms with Crippen molar-refractivity contribution < 1.29 is 4.79 Å². The molecule has 0 bridgehead atoms. The molecule has 5 heteroatoms. The van der Waals surface area contributed by atoms with E-state index in [-0.39, 0.29) is 6.03 Å². The topological polar surface area (TPSA) is 41.1 Å². The number of amides is 2. The Hall–Kier alpha value is -1.65. The standard InChI is InChI=1S/C13H11ClN2OS/c14-9-1-3-10(4-2-9)15-13(17)16-11-5-7-12(18)8-6-11/h1-8,18H,(H2,15,16,17). The quantitative estimate of drug-likeness (QED) is 0.706. The Kier molecular flexibility index (Phi) is 4.12. The highest BCUT2D eigenvalue weighted by molar-refractivity contribution is 7.80. The van der Waals surface area contributed by atoms with E-state index < -0.39 is 0 Å². The van der Waals surface area contributed by atoms with Gasteiger partial charge >= 0.3 is 6.03 Å². The van der Waals surface area contributed by atoms with Gasteiger partial charge < -0.3 is 10.6 Å². The van der Waals surface area contributed by atoms with Crippen molar-refractivity contribution in [2.24, 2.45) is 0 Å². The number of carbonyl (C=O) groups is 1. The highest BCUT2D eigenvalue weighted by Gasteiger charge is 2.02. The van der Waals surface area contributed by atoms with Gasteiger partial charge in [0.05, 0.1) is 0 Å². The van der Waals surface area contributed by atoms with Crippen LogP contribution in [0.3, 0.4) is 0 Å². The zero-order valence-corrected chi connectivity index (χ0v) is 11.0. The summed E-state index contributed by atoms with van der Waals surface area (Å²) < 4.78 is 0. The maximum atomic E-state index is 11.7. The van der Waals surface area contributed by atoms with E-state index in [0.717, 1.165) is 4.90 Å². The van der Waals surface area contributed by atoms with E-state index in [4.69, 9.17) is 11.6 Å². The van der Waals surface area contributed by atoms with Crippen LogP contribution in [0.15, 0.2) is 53.4 Å². The Bertz CT molecular complexity index is 490. The zero-order valence-electron chi connectivity index (χ0n) is 9.35. The highest BCUT2D eigenvalue weighted by Crippen LogP contribution is 2.15. The van der Waals surface area contributed by atoms with Crippen LogP contribution >= 0.6 is 24.2 Å². The number of hydrogen-bond donors (Lipinski definition) is 3. The Morgan fingerprint density at radius 2 is 1.33 bits per heavy atom. The number of anilines is 2. The smallest absolute Gasteiger partial charge is 0.308 e. The maximum absolute atomic E-state index is 11.7. The Balaban J connectivity index is 1.96. The average Bonchev–Trinajstić information content (AvgIpc) is 2.35. The van der Waals surface area contributed by atoms with Gasteiger partial charge in [-0.3, -0.25) is 0 Å². The summed E-state index contributed by atoms with van der Waals surface area (Å²) in [4.78, 5) is 12.5. The molecule has 0 radical (unpaired) electrons. The molecule has 2 aromatic rings. The Labute approximate surface area is 116 Å². The van der Waals surface area contributed by atoms with Crippen LogP contribution in [0.4, 0.5) is 16.2 Å². The molecule has 92 valence electrons. The van der Waals surface area contributed by atoms with E-state index >= 15 is 0 Å². The molecule has 0 atom stereocenters. The second-order valence-electron chi connectivity index (χ2n) is 3.63. The lowest BCUT2D eigenvalue weighted by molar-refractivity contribution is 0.262. The number of benzene rings is 2. The fraction of sp³-hybridized carbons (Fsp3) is 0. The number of halogens is 1. The zero-order chi connectivity index (χ0) is 13.0. The van der Waals surface area contributed by atoms with Crippen molar-refractivity contribution in [3.63, 3.8) is 0 Å². The number of nitrogens with one attached hydrogen (secondary N) is 2. The SMILES string of the molecule is O=C(Nc1ccc(S)cc1)Nc1ccc(Cl)cc1. The molecule has 2 N–H and O–H groups in total. The number of rotatable bonds is 2. The monoisotopic (exact) mass is 278 g/mol. The summed E-state index contributed by atoms with van der Waals surface area (Å²) in [5.74, 6) is 0. The third-order valence-corrected chi connectivity index (χ3v) is 2.78. The van der Waals surface area contributed by atoms with Gasteiger partial charge in [-0.15, -0.1) is 12.6 Å². The predicted octanol–water partition coefficient (Wildman–Crippen LogP) is 4.27. The second-order valence-corrected chi connectivity index (χ2v) is 4.59. The summed E-state index contributed by atoms with van der Waals surface area (Å²) >= 11 is 9.93. The summed E-state index contributed by atoms with van der Waals surface area (Å²) in [6, 6.07) is 13.8. The van der Waals surface area contributed by atoms with Crippen LogP contribution in [0.5, 0.6) is 0 Å². The van der Waals surface area contributed by atoms with E-state index in [1.807, 2.05) is 0 Å². The number of hydrogen-bond acceptors (Lipinski definition) is 2. The molecule has 0 saturated heterocycles. The van der Waals surface area contributed by atoms with Crippen molar-refractivity contribution in [1.29, 1.82) is 0 Å². The molecular formula is C13H11ClN2OS. The van der Waals surface area contributed by atoms with Gasteiger partial charge in [0.25, 0.3) is 0 Å². The largest absolute Gasteiger partial charge is 0.323 e. The molecule has 2 aromatic carbocycles. The van der Waals surface area contributed by atoms with E-state index in [9.17, 15) is 4.79 Å². The van der Waals surface area contributed by atoms with Crippen LogP contribution < -0.4 is 10.6 Å². The minimum Gasteiger partial charge on any atom is -0.308 e. The third-order valence-electron chi connectivity index (χ3n) is 2.23. The molecule has 2 amide bonds. The van der Waals surface area contributed by atoms with Gasteiger partial charge in [0.1, 0.15) is 0 Å². The van der Waals surface area contributed by atoms with E-state index in [1.165, 1.54) is 0 Å². The summed E-state index contributed by atoms with van der Waals surface area (Å²) in [7, 11) is 0. The molecule has 0 heterocycles. The molecule has 3 nitrogen and oxygen atoms in total. The van der Waals surface area contributed by atoms with Gasteiger partial charge in [0, 0.05) is 21.3 Å². The summed E-state index contributed by atoms with van der Waals surface area (Å²) in [5, 5.41) is 6.05. The van der Waals surface area contributed by atoms with Gasteiger partial charge in [-0.25, -0.2) is 4.79 Å². The van der Waals surface area contributed by atoms with Crippen molar-refractivity contribution in [2.45, 2.75) is 4.90 Å². The van der Waals surface area contributed by atoms with Crippen molar-refractivity contribution in [3.8, 4) is 0 Å². The van der Waals surface area contributed by atoms with Gasteiger partial charge in [-0.05, 0) is 48.5 Å². The first kappa shape index (κ1) is 12.8. The first-order valence-electron chi connectivity index (χ1n) is 5.26. The summed E-state index contributed by atoms with van der Waals surface area (Å²) in [6.45, 7) is 0. The van der Waals surface area contributed by atoms with Crippen molar-refractivity contribution in [1.82, 2.24) is 0 Å². The van der Waals surface area contributed by atoms with E-state index in [1.54, 1.807) is 48.5 Å². The highest BCUT2D eigenvalue weighted by atomic mass is 35.5. The normalized spacial score (nSPS) is 9.89. The van der Waals surface area contributed by atoms with E-state index in [2.05, 4.69) is 23.3 Å². The van der Waals surface area contributed by atoms with Crippen molar-refractivity contribution in [3.05, 3.63) is 53.6 Å². The Morgan fingerprint density at radius 3 is 1.83 bits per heavy atom. The Morgan fingerprint density at radius 1 is 0.889 bits per heavy atom. The van der Waals surface area contributed by atoms with Crippen molar-refractivity contribution >= 4 is 41.6 Å². The molecule has 0 unspecified atom stereocenters. The molecular weight excluding hydrogens is 268 g/mol. The van der Waals surface area contributed by atoms with E-state index in [0.29, 0.717) is 16.4 Å². The third kappa shape index (κ3) is 3.68. The lowest BCUT2D eigenvalue weighted by Gasteiger charge is -2.07. The van der Waals surface area contributed by atoms with Crippen LogP contribution in [0.2, 0.25) is 5.02 Å². The lowest BCUT2D eigenvalue weighted by atomic mass is 10.3. The first-order valence-corrected chi connectivity index (χ1v) is 6.08. The fourth-order valence-electron chi connectivity index (χ4n) is 1.37. The molecule has 2 rings (SSSR count). The number of thiol groups is 1. The fourth-order valence-corrected chi connectivity index (χ4v) is 1.65. The molecule has 0 saturated carbocycles. The first-order chi connectivity index (χ1) is 8.63. The van der Waals surface area contributed by atoms with Gasteiger partial charge in [0.15, 0.2) is 0 Å². The molecule has 0 spiro atoms. The summed E-state index contributed by atoms with van der Waals surface area (Å²) in [5.41, 5.74) is 1.39. The van der Waals surface area contributed by atoms with Gasteiger partial charge in [-0.1, -0.05) is 11.6 Å². The molecule has 0 aliphatic carbocycles. The molecule has 0 aliphatic rings. The van der Waals surface area contributed by atoms with Gasteiger partial charge in [0.2, 0.25) is 0 Å². The van der Waals surface area contributed by atoms with Gasteiger partial charge in [-0.2, -0.15) is 0 Å². The minimum atomic E-state index is -0.302. The molecule has 0 aromatic heterocycles. The van der Waals surface area contributed by atoms with Crippen LogP contribution in [0, 0.1) is 0 Å². The van der Waals surface area contributed by atoms with Crippen LogP contribution in [-0.2, 0) is 0 Å². The molecule has 18 heavy (non-hydrogen) atoms. The number of urea groups is 1. The predicted molar refractivity (Wildman–Crippen MR) is 77.8 cm³/mol. The summed E-state index contributed by atoms with van der Waals surface area (Å²) in [6.07, 6.45) is 0. The lowest BCUT2D eigenvalue weighted by Crippen LogP contribution is -2.19. The van der Waals surface area contributed by atoms with Crippen molar-refractivity contribution in [2.75, 3.05) is 10.6 Å². The minimum absolute atomic E-state index is 0.302. The average molecular weight is 279 g/mol.